The molecule has 0 spiro atoms. The van der Waals surface area contributed by atoms with Crippen molar-refractivity contribution in [1.82, 2.24) is 10.2 Å². The molecule has 0 aliphatic heterocycles. The molecular formula is C7H8N4S. The van der Waals surface area contributed by atoms with Gasteiger partial charge in [-0.2, -0.15) is 5.26 Å². The van der Waals surface area contributed by atoms with E-state index in [9.17, 15) is 0 Å². The summed E-state index contributed by atoms with van der Waals surface area (Å²) < 4.78 is 0. The van der Waals surface area contributed by atoms with Crippen LogP contribution in [0.5, 0.6) is 0 Å². The normalized spacial score (nSPS) is 27.6. The van der Waals surface area contributed by atoms with Gasteiger partial charge in [-0.1, -0.05) is 11.3 Å². The van der Waals surface area contributed by atoms with Gasteiger partial charge in [0.25, 0.3) is 0 Å². The number of nitrogen functional groups attached to an aromatic ring is 1. The number of hydrogen-bond donors (Lipinski definition) is 1. The van der Waals surface area contributed by atoms with Crippen molar-refractivity contribution in [3.8, 4) is 6.07 Å². The second-order valence-electron chi connectivity index (χ2n) is 2.97. The number of anilines is 1. The lowest BCUT2D eigenvalue weighted by atomic mass is 9.76. The highest BCUT2D eigenvalue weighted by Gasteiger charge is 2.32. The molecule has 0 amide bonds. The minimum atomic E-state index is 0.222. The Morgan fingerprint density at radius 1 is 1.50 bits per heavy atom. The van der Waals surface area contributed by atoms with Gasteiger partial charge in [-0.15, -0.1) is 10.2 Å². The fourth-order valence-corrected chi connectivity index (χ4v) is 2.07. The number of rotatable bonds is 1. The predicted octanol–water partition coefficient (Wildman–Crippen LogP) is 1.14. The lowest BCUT2D eigenvalue weighted by molar-refractivity contribution is 0.329. The highest BCUT2D eigenvalue weighted by atomic mass is 32.1. The molecule has 1 aliphatic carbocycles. The van der Waals surface area contributed by atoms with Gasteiger partial charge >= 0.3 is 0 Å². The third-order valence-electron chi connectivity index (χ3n) is 2.13. The minimum absolute atomic E-state index is 0.222. The van der Waals surface area contributed by atoms with Gasteiger partial charge in [0.15, 0.2) is 0 Å². The maximum atomic E-state index is 8.55. The van der Waals surface area contributed by atoms with E-state index in [1.165, 1.54) is 11.3 Å². The van der Waals surface area contributed by atoms with Crippen molar-refractivity contribution in [3.63, 3.8) is 0 Å². The van der Waals surface area contributed by atoms with Crippen molar-refractivity contribution < 1.29 is 0 Å². The SMILES string of the molecule is N#CC1CC(c2nnc(N)s2)C1. The summed E-state index contributed by atoms with van der Waals surface area (Å²) in [5.41, 5.74) is 5.44. The summed E-state index contributed by atoms with van der Waals surface area (Å²) in [6.45, 7) is 0. The van der Waals surface area contributed by atoms with Crippen LogP contribution in [0.15, 0.2) is 0 Å². The van der Waals surface area contributed by atoms with Crippen LogP contribution in [-0.4, -0.2) is 10.2 Å². The maximum absolute atomic E-state index is 8.55. The molecule has 5 heteroatoms. The molecule has 1 aromatic heterocycles. The first-order valence-corrected chi connectivity index (χ1v) is 4.59. The van der Waals surface area contributed by atoms with E-state index in [1.54, 1.807) is 0 Å². The van der Waals surface area contributed by atoms with Crippen LogP contribution in [0.25, 0.3) is 0 Å². The van der Waals surface area contributed by atoms with Crippen LogP contribution in [-0.2, 0) is 0 Å². The van der Waals surface area contributed by atoms with Gasteiger partial charge in [0.1, 0.15) is 5.01 Å². The van der Waals surface area contributed by atoms with E-state index in [4.69, 9.17) is 11.0 Å². The zero-order chi connectivity index (χ0) is 8.55. The van der Waals surface area contributed by atoms with Crippen molar-refractivity contribution in [2.24, 2.45) is 5.92 Å². The Morgan fingerprint density at radius 2 is 2.25 bits per heavy atom. The monoisotopic (exact) mass is 180 g/mol. The van der Waals surface area contributed by atoms with Crippen LogP contribution in [0, 0.1) is 17.2 Å². The molecule has 0 radical (unpaired) electrons. The van der Waals surface area contributed by atoms with E-state index in [2.05, 4.69) is 16.3 Å². The topological polar surface area (TPSA) is 75.6 Å². The van der Waals surface area contributed by atoms with Crippen LogP contribution < -0.4 is 5.73 Å². The third kappa shape index (κ3) is 1.14. The Labute approximate surface area is 74.0 Å². The molecule has 2 rings (SSSR count). The van der Waals surface area contributed by atoms with E-state index in [-0.39, 0.29) is 5.92 Å². The van der Waals surface area contributed by atoms with Crippen molar-refractivity contribution in [2.75, 3.05) is 5.73 Å². The number of hydrogen-bond acceptors (Lipinski definition) is 5. The first kappa shape index (κ1) is 7.50. The summed E-state index contributed by atoms with van der Waals surface area (Å²) in [6, 6.07) is 2.23. The van der Waals surface area contributed by atoms with Gasteiger partial charge in [0, 0.05) is 11.8 Å². The Hall–Kier alpha value is -1.15. The average Bonchev–Trinajstić information content (AvgIpc) is 2.34. The summed E-state index contributed by atoms with van der Waals surface area (Å²) >= 11 is 1.43. The number of aromatic nitrogens is 2. The molecule has 0 saturated heterocycles. The summed E-state index contributed by atoms with van der Waals surface area (Å²) in [7, 11) is 0. The van der Waals surface area contributed by atoms with E-state index >= 15 is 0 Å². The molecule has 1 saturated carbocycles. The molecule has 12 heavy (non-hydrogen) atoms. The van der Waals surface area contributed by atoms with E-state index in [0.29, 0.717) is 11.0 Å². The molecule has 0 bridgehead atoms. The quantitative estimate of drug-likeness (QED) is 0.703. The average molecular weight is 180 g/mol. The molecule has 0 aromatic carbocycles. The smallest absolute Gasteiger partial charge is 0.203 e. The molecule has 1 heterocycles. The second kappa shape index (κ2) is 2.72. The van der Waals surface area contributed by atoms with Crippen LogP contribution in [0.4, 0.5) is 5.13 Å². The minimum Gasteiger partial charge on any atom is -0.374 e. The van der Waals surface area contributed by atoms with Gasteiger partial charge in [-0.05, 0) is 12.8 Å². The van der Waals surface area contributed by atoms with Crippen LogP contribution in [0.3, 0.4) is 0 Å². The predicted molar refractivity (Wildman–Crippen MR) is 45.4 cm³/mol. The van der Waals surface area contributed by atoms with Crippen molar-refractivity contribution >= 4 is 16.5 Å². The molecular weight excluding hydrogens is 172 g/mol. The third-order valence-corrected chi connectivity index (χ3v) is 3.04. The zero-order valence-corrected chi connectivity index (χ0v) is 7.21. The lowest BCUT2D eigenvalue weighted by Gasteiger charge is -2.27. The van der Waals surface area contributed by atoms with Crippen molar-refractivity contribution in [2.45, 2.75) is 18.8 Å². The molecule has 1 fully saturated rings. The lowest BCUT2D eigenvalue weighted by Crippen LogP contribution is -2.19. The Morgan fingerprint density at radius 3 is 2.75 bits per heavy atom. The summed E-state index contributed by atoms with van der Waals surface area (Å²) in [6.07, 6.45) is 1.84. The standard InChI is InChI=1S/C7H8N4S/c8-3-4-1-5(2-4)6-10-11-7(9)12-6/h4-5H,1-2H2,(H2,9,11). The highest BCUT2D eigenvalue weighted by Crippen LogP contribution is 2.42. The molecule has 0 unspecified atom stereocenters. The van der Waals surface area contributed by atoms with Crippen LogP contribution >= 0.6 is 11.3 Å². The maximum Gasteiger partial charge on any atom is 0.203 e. The van der Waals surface area contributed by atoms with Crippen molar-refractivity contribution in [1.29, 1.82) is 5.26 Å². The van der Waals surface area contributed by atoms with E-state index < -0.39 is 0 Å². The Bertz CT molecular complexity index is 320. The number of nitrogens with zero attached hydrogens (tertiary/aromatic N) is 3. The molecule has 62 valence electrons. The van der Waals surface area contributed by atoms with Gasteiger partial charge < -0.3 is 5.73 Å². The van der Waals surface area contributed by atoms with Crippen LogP contribution in [0.1, 0.15) is 23.8 Å². The van der Waals surface area contributed by atoms with Gasteiger partial charge in [-0.25, -0.2) is 0 Å². The summed E-state index contributed by atoms with van der Waals surface area (Å²) in [4.78, 5) is 0. The molecule has 1 aliphatic rings. The fraction of sp³-hybridized carbons (Fsp3) is 0.571. The van der Waals surface area contributed by atoms with Crippen LogP contribution in [0.2, 0.25) is 0 Å². The van der Waals surface area contributed by atoms with Gasteiger partial charge in [-0.3, -0.25) is 0 Å². The molecule has 1 aromatic rings. The second-order valence-corrected chi connectivity index (χ2v) is 4.01. The first-order chi connectivity index (χ1) is 5.79. The number of nitrogens with two attached hydrogens (primary N) is 1. The Kier molecular flexibility index (Phi) is 1.70. The summed E-state index contributed by atoms with van der Waals surface area (Å²) in [5, 5.41) is 17.7. The molecule has 2 N–H and O–H groups in total. The Balaban J connectivity index is 2.02. The van der Waals surface area contributed by atoms with Crippen molar-refractivity contribution in [3.05, 3.63) is 5.01 Å². The van der Waals surface area contributed by atoms with Gasteiger partial charge in [0.05, 0.1) is 6.07 Å². The molecule has 4 nitrogen and oxygen atoms in total. The van der Waals surface area contributed by atoms with Gasteiger partial charge in [0.2, 0.25) is 5.13 Å². The van der Waals surface area contributed by atoms with E-state index in [0.717, 1.165) is 17.8 Å². The largest absolute Gasteiger partial charge is 0.374 e. The molecule has 0 atom stereocenters. The van der Waals surface area contributed by atoms with E-state index in [1.807, 2.05) is 0 Å². The first-order valence-electron chi connectivity index (χ1n) is 3.78. The fourth-order valence-electron chi connectivity index (χ4n) is 1.34. The summed E-state index contributed by atoms with van der Waals surface area (Å²) in [5.74, 6) is 0.657. The highest BCUT2D eigenvalue weighted by molar-refractivity contribution is 7.15. The zero-order valence-electron chi connectivity index (χ0n) is 6.40. The number of nitriles is 1.